The Labute approximate surface area is 189 Å². The average molecular weight is 444 g/mol. The Balaban J connectivity index is 1.49. The average Bonchev–Trinajstić information content (AvgIpc) is 3.23. The van der Waals surface area contributed by atoms with Crippen LogP contribution in [0.4, 0.5) is 0 Å². The van der Waals surface area contributed by atoms with Crippen LogP contribution >= 0.6 is 11.8 Å². The lowest BCUT2D eigenvalue weighted by Crippen LogP contribution is -2.20. The van der Waals surface area contributed by atoms with Crippen LogP contribution in [0, 0.1) is 6.92 Å². The first-order valence-electron chi connectivity index (χ1n) is 9.92. The molecular formula is C24H21N5O2S. The molecule has 7 nitrogen and oxygen atoms in total. The van der Waals surface area contributed by atoms with Crippen LogP contribution in [0.2, 0.25) is 0 Å². The number of aryl methyl sites for hydroxylation is 1. The molecule has 0 bridgehead atoms. The second kappa shape index (κ2) is 9.93. The molecular weight excluding hydrogens is 422 g/mol. The van der Waals surface area contributed by atoms with Gasteiger partial charge in [-0.3, -0.25) is 9.36 Å². The summed E-state index contributed by atoms with van der Waals surface area (Å²) in [7, 11) is 0. The van der Waals surface area contributed by atoms with Crippen molar-refractivity contribution in [1.82, 2.24) is 20.2 Å². The molecule has 32 heavy (non-hydrogen) atoms. The van der Waals surface area contributed by atoms with E-state index >= 15 is 0 Å². The van der Waals surface area contributed by atoms with E-state index in [1.54, 1.807) is 24.3 Å². The summed E-state index contributed by atoms with van der Waals surface area (Å²) in [5.41, 5.74) is 6.20. The van der Waals surface area contributed by atoms with Gasteiger partial charge in [-0.25, -0.2) is 5.43 Å². The van der Waals surface area contributed by atoms with Gasteiger partial charge in [0.2, 0.25) is 0 Å². The van der Waals surface area contributed by atoms with Crippen LogP contribution < -0.4 is 5.43 Å². The fourth-order valence-electron chi connectivity index (χ4n) is 3.01. The largest absolute Gasteiger partial charge is 0.508 e. The summed E-state index contributed by atoms with van der Waals surface area (Å²) in [6.07, 6.45) is 1.48. The number of hydrogen-bond acceptors (Lipinski definition) is 6. The number of carbonyl (C=O) groups is 1. The van der Waals surface area contributed by atoms with Crippen molar-refractivity contribution in [3.05, 3.63) is 90.0 Å². The van der Waals surface area contributed by atoms with E-state index in [1.165, 1.54) is 18.0 Å². The first kappa shape index (κ1) is 21.3. The van der Waals surface area contributed by atoms with E-state index in [0.717, 1.165) is 16.8 Å². The lowest BCUT2D eigenvalue weighted by molar-refractivity contribution is -0.118. The fraction of sp³-hybridized carbons (Fsp3) is 0.0833. The highest BCUT2D eigenvalue weighted by atomic mass is 32.2. The minimum Gasteiger partial charge on any atom is -0.508 e. The van der Waals surface area contributed by atoms with E-state index < -0.39 is 0 Å². The van der Waals surface area contributed by atoms with Gasteiger partial charge in [-0.05, 0) is 36.8 Å². The van der Waals surface area contributed by atoms with E-state index in [2.05, 4.69) is 20.7 Å². The molecule has 0 aliphatic heterocycles. The van der Waals surface area contributed by atoms with E-state index in [1.807, 2.05) is 66.1 Å². The Morgan fingerprint density at radius 3 is 2.59 bits per heavy atom. The molecule has 0 spiro atoms. The number of aromatic hydroxyl groups is 1. The van der Waals surface area contributed by atoms with Crippen molar-refractivity contribution in [3.8, 4) is 22.8 Å². The summed E-state index contributed by atoms with van der Waals surface area (Å²) >= 11 is 1.28. The summed E-state index contributed by atoms with van der Waals surface area (Å²) in [6, 6.07) is 24.5. The molecule has 2 N–H and O–H groups in total. The highest BCUT2D eigenvalue weighted by molar-refractivity contribution is 7.99. The Morgan fingerprint density at radius 2 is 1.84 bits per heavy atom. The number of thioether (sulfide) groups is 1. The van der Waals surface area contributed by atoms with Crippen LogP contribution in [0.1, 0.15) is 11.1 Å². The molecule has 0 unspecified atom stereocenters. The van der Waals surface area contributed by atoms with Crippen LogP contribution in [-0.4, -0.2) is 37.7 Å². The topological polar surface area (TPSA) is 92.4 Å². The van der Waals surface area contributed by atoms with Crippen LogP contribution in [0.25, 0.3) is 17.1 Å². The molecule has 1 aromatic heterocycles. The second-order valence-electron chi connectivity index (χ2n) is 7.02. The monoisotopic (exact) mass is 443 g/mol. The number of benzene rings is 3. The van der Waals surface area contributed by atoms with E-state index in [4.69, 9.17) is 0 Å². The lowest BCUT2D eigenvalue weighted by atomic mass is 10.1. The van der Waals surface area contributed by atoms with E-state index in [0.29, 0.717) is 16.5 Å². The molecule has 4 aromatic rings. The number of amides is 1. The Morgan fingerprint density at radius 1 is 1.06 bits per heavy atom. The Kier molecular flexibility index (Phi) is 6.62. The zero-order chi connectivity index (χ0) is 22.3. The normalized spacial score (nSPS) is 11.0. The fourth-order valence-corrected chi connectivity index (χ4v) is 3.75. The third kappa shape index (κ3) is 5.22. The van der Waals surface area contributed by atoms with Crippen molar-refractivity contribution in [2.75, 3.05) is 5.75 Å². The maximum atomic E-state index is 12.3. The molecule has 3 aromatic carbocycles. The van der Waals surface area contributed by atoms with Gasteiger partial charge in [-0.15, -0.1) is 10.2 Å². The minimum absolute atomic E-state index is 0.121. The third-order valence-electron chi connectivity index (χ3n) is 4.56. The lowest BCUT2D eigenvalue weighted by Gasteiger charge is -2.10. The van der Waals surface area contributed by atoms with Crippen LogP contribution in [-0.2, 0) is 4.79 Å². The maximum Gasteiger partial charge on any atom is 0.250 e. The van der Waals surface area contributed by atoms with E-state index in [-0.39, 0.29) is 17.4 Å². The number of carbonyl (C=O) groups excluding carboxylic acids is 1. The first-order valence-corrected chi connectivity index (χ1v) is 10.9. The summed E-state index contributed by atoms with van der Waals surface area (Å²) in [5, 5.41) is 22.8. The molecule has 1 heterocycles. The molecule has 0 fully saturated rings. The van der Waals surface area contributed by atoms with Gasteiger partial charge in [0.25, 0.3) is 5.91 Å². The molecule has 4 rings (SSSR count). The van der Waals surface area contributed by atoms with Crippen molar-refractivity contribution < 1.29 is 9.90 Å². The number of phenolic OH excluding ortho intramolecular Hbond substituents is 1. The number of rotatable bonds is 7. The van der Waals surface area contributed by atoms with Crippen molar-refractivity contribution in [1.29, 1.82) is 0 Å². The van der Waals surface area contributed by atoms with Gasteiger partial charge >= 0.3 is 0 Å². The molecule has 0 radical (unpaired) electrons. The van der Waals surface area contributed by atoms with Gasteiger partial charge in [0.1, 0.15) is 5.75 Å². The summed E-state index contributed by atoms with van der Waals surface area (Å²) in [6.45, 7) is 2.04. The standard InChI is InChI=1S/C24H21N5O2S/c1-17-10-12-19(13-11-17)23-27-28-24(29(23)20-7-3-2-4-8-20)32-16-22(31)26-25-15-18-6-5-9-21(30)14-18/h2-15,30H,16H2,1H3,(H,26,31)/b25-15-. The molecule has 0 saturated heterocycles. The van der Waals surface area contributed by atoms with Gasteiger partial charge < -0.3 is 5.11 Å². The molecule has 0 saturated carbocycles. The van der Waals surface area contributed by atoms with E-state index in [9.17, 15) is 9.90 Å². The van der Waals surface area contributed by atoms with Gasteiger partial charge in [-0.1, -0.05) is 71.9 Å². The Hall–Kier alpha value is -3.91. The number of hydrogen-bond donors (Lipinski definition) is 2. The van der Waals surface area contributed by atoms with Crippen molar-refractivity contribution in [3.63, 3.8) is 0 Å². The van der Waals surface area contributed by atoms with Crippen molar-refractivity contribution in [2.24, 2.45) is 5.10 Å². The first-order chi connectivity index (χ1) is 15.6. The predicted molar refractivity (Wildman–Crippen MR) is 126 cm³/mol. The van der Waals surface area contributed by atoms with Gasteiger partial charge in [0, 0.05) is 11.3 Å². The number of nitrogens with one attached hydrogen (secondary N) is 1. The maximum absolute atomic E-state index is 12.3. The number of phenols is 1. The number of para-hydroxylation sites is 1. The number of aromatic nitrogens is 3. The molecule has 0 atom stereocenters. The number of hydrazone groups is 1. The molecule has 8 heteroatoms. The zero-order valence-corrected chi connectivity index (χ0v) is 18.2. The minimum atomic E-state index is -0.272. The smallest absolute Gasteiger partial charge is 0.250 e. The number of nitrogens with zero attached hydrogens (tertiary/aromatic N) is 4. The second-order valence-corrected chi connectivity index (χ2v) is 7.96. The third-order valence-corrected chi connectivity index (χ3v) is 5.49. The molecule has 0 aliphatic carbocycles. The highest BCUT2D eigenvalue weighted by Gasteiger charge is 2.17. The van der Waals surface area contributed by atoms with Gasteiger partial charge in [-0.2, -0.15) is 5.10 Å². The molecule has 160 valence electrons. The van der Waals surface area contributed by atoms with Gasteiger partial charge in [0.05, 0.1) is 12.0 Å². The summed E-state index contributed by atoms with van der Waals surface area (Å²) in [4.78, 5) is 12.3. The Bertz CT molecular complexity index is 1240. The molecule has 0 aliphatic rings. The SMILES string of the molecule is Cc1ccc(-c2nnc(SCC(=O)N/N=C\c3cccc(O)c3)n2-c2ccccc2)cc1. The van der Waals surface area contributed by atoms with Crippen LogP contribution in [0.3, 0.4) is 0 Å². The van der Waals surface area contributed by atoms with Crippen LogP contribution in [0.15, 0.2) is 89.1 Å². The predicted octanol–water partition coefficient (Wildman–Crippen LogP) is 4.19. The quantitative estimate of drug-likeness (QED) is 0.254. The van der Waals surface area contributed by atoms with Gasteiger partial charge in [0.15, 0.2) is 11.0 Å². The highest BCUT2D eigenvalue weighted by Crippen LogP contribution is 2.28. The molecule has 1 amide bonds. The van der Waals surface area contributed by atoms with Crippen LogP contribution in [0.5, 0.6) is 5.75 Å². The summed E-state index contributed by atoms with van der Waals surface area (Å²) in [5.74, 6) is 0.698. The van der Waals surface area contributed by atoms with Crippen molar-refractivity contribution >= 4 is 23.9 Å². The summed E-state index contributed by atoms with van der Waals surface area (Å²) < 4.78 is 1.94. The zero-order valence-electron chi connectivity index (χ0n) is 17.3. The van der Waals surface area contributed by atoms with Crippen molar-refractivity contribution in [2.45, 2.75) is 12.1 Å².